The number of nitrogen functional groups attached to an aromatic ring is 1. The zero-order valence-corrected chi connectivity index (χ0v) is 19.4. The Morgan fingerprint density at radius 2 is 1.74 bits per heavy atom. The fourth-order valence-corrected chi connectivity index (χ4v) is 3.73. The largest absolute Gasteiger partial charge is 0.383 e. The van der Waals surface area contributed by atoms with E-state index in [0.717, 1.165) is 28.8 Å². The average Bonchev–Trinajstić information content (AvgIpc) is 3.28. The number of anilines is 1. The molecule has 0 amide bonds. The molecular formula is C27H25N7. The Morgan fingerprint density at radius 3 is 2.44 bits per heavy atom. The first-order valence-corrected chi connectivity index (χ1v) is 11.2. The predicted molar refractivity (Wildman–Crippen MR) is 135 cm³/mol. The fraction of sp³-hybridized carbons (Fsp3) is 0.148. The van der Waals surface area contributed by atoms with Gasteiger partial charge in [0.25, 0.3) is 0 Å². The summed E-state index contributed by atoms with van der Waals surface area (Å²) < 4.78 is 1.99. The normalized spacial score (nSPS) is 10.4. The molecule has 0 aliphatic heterocycles. The summed E-state index contributed by atoms with van der Waals surface area (Å²) in [6, 6.07) is 19.8. The number of benzene rings is 1. The summed E-state index contributed by atoms with van der Waals surface area (Å²) in [4.78, 5) is 18.0. The molecule has 0 spiro atoms. The third kappa shape index (κ3) is 4.09. The number of rotatable bonds is 4. The zero-order valence-electron chi connectivity index (χ0n) is 19.4. The van der Waals surface area contributed by atoms with Crippen LogP contribution in [-0.2, 0) is 6.42 Å². The van der Waals surface area contributed by atoms with Gasteiger partial charge in [0.1, 0.15) is 17.4 Å². The molecule has 0 saturated heterocycles. The van der Waals surface area contributed by atoms with Gasteiger partial charge in [0, 0.05) is 29.8 Å². The van der Waals surface area contributed by atoms with Gasteiger partial charge in [-0.3, -0.25) is 9.55 Å². The number of hydrogen-bond acceptors (Lipinski definition) is 6. The summed E-state index contributed by atoms with van der Waals surface area (Å²) in [5.41, 5.74) is 12.3. The lowest BCUT2D eigenvalue weighted by molar-refractivity contribution is 1.06. The van der Waals surface area contributed by atoms with Crippen molar-refractivity contribution < 1.29 is 0 Å². The van der Waals surface area contributed by atoms with Crippen molar-refractivity contribution in [2.75, 3.05) is 5.73 Å². The lowest BCUT2D eigenvalue weighted by Gasteiger charge is -2.11. The van der Waals surface area contributed by atoms with Crippen molar-refractivity contribution in [3.05, 3.63) is 84.3 Å². The number of nitrogens with two attached hydrogens (primary N) is 1. The van der Waals surface area contributed by atoms with E-state index in [1.165, 1.54) is 5.56 Å². The van der Waals surface area contributed by atoms with Gasteiger partial charge in [0.2, 0.25) is 0 Å². The summed E-state index contributed by atoms with van der Waals surface area (Å²) in [6.07, 6.45) is 5.81. The number of imidazole rings is 1. The van der Waals surface area contributed by atoms with E-state index in [4.69, 9.17) is 15.7 Å². The second kappa shape index (κ2) is 9.92. The topological polar surface area (TPSA) is 106 Å². The van der Waals surface area contributed by atoms with Crippen LogP contribution < -0.4 is 5.73 Å². The van der Waals surface area contributed by atoms with Crippen molar-refractivity contribution in [3.63, 3.8) is 0 Å². The highest BCUT2D eigenvalue weighted by Crippen LogP contribution is 2.32. The Labute approximate surface area is 198 Å². The third-order valence-electron chi connectivity index (χ3n) is 5.40. The van der Waals surface area contributed by atoms with Crippen LogP contribution in [0.1, 0.15) is 31.9 Å². The molecule has 5 aromatic rings. The Bertz CT molecular complexity index is 1480. The molecule has 7 heteroatoms. The highest BCUT2D eigenvalue weighted by Gasteiger charge is 2.19. The lowest BCUT2D eigenvalue weighted by Crippen LogP contribution is -2.02. The molecule has 2 N–H and O–H groups in total. The van der Waals surface area contributed by atoms with Gasteiger partial charge >= 0.3 is 0 Å². The minimum absolute atomic E-state index is 0.398. The minimum atomic E-state index is 0.398. The van der Waals surface area contributed by atoms with Gasteiger partial charge in [-0.2, -0.15) is 5.26 Å². The quantitative estimate of drug-likeness (QED) is 0.385. The maximum atomic E-state index is 9.50. The van der Waals surface area contributed by atoms with Crippen LogP contribution in [0.5, 0.6) is 0 Å². The van der Waals surface area contributed by atoms with Crippen LogP contribution in [0.15, 0.2) is 73.2 Å². The minimum Gasteiger partial charge on any atom is -0.383 e. The van der Waals surface area contributed by atoms with E-state index in [-0.39, 0.29) is 0 Å². The molecule has 0 radical (unpaired) electrons. The molecule has 1 aromatic carbocycles. The van der Waals surface area contributed by atoms with Crippen LogP contribution in [-0.4, -0.2) is 24.5 Å². The second-order valence-electron chi connectivity index (χ2n) is 7.30. The summed E-state index contributed by atoms with van der Waals surface area (Å²) in [6.45, 7) is 6.12. The van der Waals surface area contributed by atoms with Crippen LogP contribution in [0.4, 0.5) is 5.82 Å². The van der Waals surface area contributed by atoms with Gasteiger partial charge in [-0.25, -0.2) is 15.0 Å². The standard InChI is InChI=1S/C25H19N7.C2H6/c1-2-16-5-7-18(8-6-16)32-24(20-4-3-12-29-23(20)27)31-22-10-9-21(30-25(22)32)19-11-13-28-15-17(19)14-26;1-2/h3-13,15H,2H2,1H3,(H2,27,29);1-2H3. The zero-order chi connectivity index (χ0) is 24.1. The predicted octanol–water partition coefficient (Wildman–Crippen LogP) is 5.59. The molecule has 0 unspecified atom stereocenters. The van der Waals surface area contributed by atoms with E-state index < -0.39 is 0 Å². The van der Waals surface area contributed by atoms with Crippen LogP contribution in [0.25, 0.3) is 39.5 Å². The number of aryl methyl sites for hydroxylation is 1. The van der Waals surface area contributed by atoms with Crippen molar-refractivity contribution >= 4 is 17.0 Å². The van der Waals surface area contributed by atoms with Gasteiger partial charge in [0.05, 0.1) is 16.8 Å². The molecule has 4 aromatic heterocycles. The van der Waals surface area contributed by atoms with Crippen molar-refractivity contribution in [2.45, 2.75) is 27.2 Å². The molecule has 0 fully saturated rings. The molecule has 5 rings (SSSR count). The number of aromatic nitrogens is 5. The molecular weight excluding hydrogens is 422 g/mol. The molecule has 0 aliphatic carbocycles. The number of pyridine rings is 3. The van der Waals surface area contributed by atoms with E-state index in [1.54, 1.807) is 24.7 Å². The first kappa shape index (κ1) is 22.6. The molecule has 0 aliphatic rings. The van der Waals surface area contributed by atoms with E-state index in [0.29, 0.717) is 28.5 Å². The van der Waals surface area contributed by atoms with E-state index in [2.05, 4.69) is 47.2 Å². The maximum absolute atomic E-state index is 9.50. The number of fused-ring (bicyclic) bond motifs is 1. The highest BCUT2D eigenvalue weighted by molar-refractivity contribution is 5.85. The monoisotopic (exact) mass is 447 g/mol. The third-order valence-corrected chi connectivity index (χ3v) is 5.40. The summed E-state index contributed by atoms with van der Waals surface area (Å²) in [5.74, 6) is 1.06. The van der Waals surface area contributed by atoms with Crippen LogP contribution in [0, 0.1) is 11.3 Å². The summed E-state index contributed by atoms with van der Waals surface area (Å²) in [5, 5.41) is 9.50. The molecule has 7 nitrogen and oxygen atoms in total. The molecule has 4 heterocycles. The van der Waals surface area contributed by atoms with Crippen LogP contribution in [0.3, 0.4) is 0 Å². The van der Waals surface area contributed by atoms with E-state index >= 15 is 0 Å². The van der Waals surface area contributed by atoms with Gasteiger partial charge in [0.15, 0.2) is 11.5 Å². The van der Waals surface area contributed by atoms with Gasteiger partial charge < -0.3 is 5.73 Å². The highest BCUT2D eigenvalue weighted by atomic mass is 15.1. The molecule has 168 valence electrons. The lowest BCUT2D eigenvalue weighted by atomic mass is 10.1. The van der Waals surface area contributed by atoms with Crippen molar-refractivity contribution in [1.29, 1.82) is 5.26 Å². The van der Waals surface area contributed by atoms with Gasteiger partial charge in [-0.05, 0) is 54.4 Å². The number of hydrogen-bond donors (Lipinski definition) is 1. The smallest absolute Gasteiger partial charge is 0.165 e. The molecule has 0 saturated carbocycles. The van der Waals surface area contributed by atoms with E-state index in [1.807, 2.05) is 42.7 Å². The average molecular weight is 448 g/mol. The Morgan fingerprint density at radius 1 is 0.941 bits per heavy atom. The SMILES string of the molecule is CC.CCc1ccc(-n2c(-c3cccnc3N)nc3ccc(-c4ccncc4C#N)nc32)cc1. The fourth-order valence-electron chi connectivity index (χ4n) is 3.73. The number of nitrogens with zero attached hydrogens (tertiary/aromatic N) is 6. The summed E-state index contributed by atoms with van der Waals surface area (Å²) >= 11 is 0. The Kier molecular flexibility index (Phi) is 6.60. The van der Waals surface area contributed by atoms with Crippen LogP contribution in [0.2, 0.25) is 0 Å². The second-order valence-corrected chi connectivity index (χ2v) is 7.30. The summed E-state index contributed by atoms with van der Waals surface area (Å²) in [7, 11) is 0. The first-order valence-electron chi connectivity index (χ1n) is 11.2. The molecule has 0 atom stereocenters. The Hall–Kier alpha value is -4.57. The molecule has 0 bridgehead atoms. The Balaban J connectivity index is 0.00000133. The van der Waals surface area contributed by atoms with Crippen molar-refractivity contribution in [1.82, 2.24) is 24.5 Å². The maximum Gasteiger partial charge on any atom is 0.165 e. The van der Waals surface area contributed by atoms with Crippen molar-refractivity contribution in [3.8, 4) is 34.4 Å². The number of nitriles is 1. The molecule has 34 heavy (non-hydrogen) atoms. The first-order chi connectivity index (χ1) is 16.7. The van der Waals surface area contributed by atoms with Gasteiger partial charge in [-0.1, -0.05) is 32.9 Å². The van der Waals surface area contributed by atoms with Crippen LogP contribution >= 0.6 is 0 Å². The van der Waals surface area contributed by atoms with Gasteiger partial charge in [-0.15, -0.1) is 0 Å². The van der Waals surface area contributed by atoms with E-state index in [9.17, 15) is 5.26 Å². The van der Waals surface area contributed by atoms with Crippen molar-refractivity contribution in [2.24, 2.45) is 0 Å².